The maximum atomic E-state index is 13.1. The Morgan fingerprint density at radius 3 is 2.63 bits per heavy atom. The van der Waals surface area contributed by atoms with Gasteiger partial charge in [-0.05, 0) is 24.3 Å². The second-order valence-electron chi connectivity index (χ2n) is 7.36. The van der Waals surface area contributed by atoms with Gasteiger partial charge in [0.25, 0.3) is 11.2 Å². The van der Waals surface area contributed by atoms with Gasteiger partial charge in [0.15, 0.2) is 0 Å². The Hall–Kier alpha value is -4.16. The summed E-state index contributed by atoms with van der Waals surface area (Å²) in [5, 5.41) is 19.6. The first-order valence-electron chi connectivity index (χ1n) is 9.95. The fourth-order valence-electron chi connectivity index (χ4n) is 3.49. The molecule has 1 aliphatic heterocycles. The summed E-state index contributed by atoms with van der Waals surface area (Å²) in [5.74, 6) is -2.46. The maximum Gasteiger partial charge on any atom is 0.273 e. The molecule has 14 heteroatoms. The van der Waals surface area contributed by atoms with Gasteiger partial charge in [-0.1, -0.05) is 23.2 Å². The molecule has 2 heterocycles. The fourth-order valence-corrected chi connectivity index (χ4v) is 3.95. The lowest BCUT2D eigenvalue weighted by Gasteiger charge is -2.24. The molecule has 0 aliphatic carbocycles. The number of amides is 2. The van der Waals surface area contributed by atoms with E-state index in [1.165, 1.54) is 25.3 Å². The number of nitro groups is 1. The number of non-ortho nitro benzene ring substituents is 1. The zero-order chi connectivity index (χ0) is 25.3. The molecule has 35 heavy (non-hydrogen) atoms. The number of nitrogens with one attached hydrogen (secondary N) is 4. The molecule has 0 saturated heterocycles. The number of hydrogen-bond acceptors (Lipinski definition) is 8. The Bertz CT molecular complexity index is 1430. The van der Waals surface area contributed by atoms with Crippen LogP contribution in [0.25, 0.3) is 0 Å². The van der Waals surface area contributed by atoms with Gasteiger partial charge in [-0.15, -0.1) is 0 Å². The van der Waals surface area contributed by atoms with Crippen molar-refractivity contribution in [3.8, 4) is 5.75 Å². The number of halogens is 2. The van der Waals surface area contributed by atoms with Crippen molar-refractivity contribution in [2.75, 3.05) is 23.1 Å². The molecule has 4 rings (SSSR count). The number of hydrogen-bond donors (Lipinski definition) is 4. The van der Waals surface area contributed by atoms with Gasteiger partial charge in [0, 0.05) is 17.5 Å². The molecule has 1 aromatic heterocycles. The summed E-state index contributed by atoms with van der Waals surface area (Å²) >= 11 is 12.0. The van der Waals surface area contributed by atoms with Gasteiger partial charge in [-0.25, -0.2) is 0 Å². The summed E-state index contributed by atoms with van der Waals surface area (Å²) in [6.07, 6.45) is -0.311. The Labute approximate surface area is 206 Å². The van der Waals surface area contributed by atoms with E-state index in [-0.39, 0.29) is 45.9 Å². The number of anilines is 4. The Kier molecular flexibility index (Phi) is 6.58. The molecule has 0 fully saturated rings. The monoisotopic (exact) mass is 518 g/mol. The summed E-state index contributed by atoms with van der Waals surface area (Å²) in [6, 6.07) is 8.29. The average molecular weight is 519 g/mol. The molecule has 0 saturated carbocycles. The molecule has 2 aromatic carbocycles. The number of rotatable bonds is 6. The normalized spacial score (nSPS) is 14.5. The number of H-pyrrole nitrogens is 1. The van der Waals surface area contributed by atoms with Crippen molar-refractivity contribution in [3.63, 3.8) is 0 Å². The van der Waals surface area contributed by atoms with E-state index >= 15 is 0 Å². The van der Waals surface area contributed by atoms with Crippen molar-refractivity contribution in [2.24, 2.45) is 0 Å². The number of nitro benzene ring substituents is 1. The van der Waals surface area contributed by atoms with Crippen molar-refractivity contribution >= 4 is 63.8 Å². The Morgan fingerprint density at radius 1 is 1.20 bits per heavy atom. The highest BCUT2D eigenvalue weighted by molar-refractivity contribution is 6.36. The second kappa shape index (κ2) is 9.60. The summed E-state index contributed by atoms with van der Waals surface area (Å²) in [5.41, 5.74) is -0.394. The quantitative estimate of drug-likeness (QED) is 0.282. The van der Waals surface area contributed by atoms with Crippen LogP contribution in [0.5, 0.6) is 5.75 Å². The van der Waals surface area contributed by atoms with Crippen LogP contribution in [0.4, 0.5) is 28.8 Å². The Balaban J connectivity index is 1.64. The van der Waals surface area contributed by atoms with Crippen LogP contribution in [0.15, 0.2) is 41.2 Å². The van der Waals surface area contributed by atoms with E-state index in [0.29, 0.717) is 10.7 Å². The van der Waals surface area contributed by atoms with Gasteiger partial charge in [0.1, 0.15) is 11.6 Å². The Morgan fingerprint density at radius 2 is 1.94 bits per heavy atom. The van der Waals surface area contributed by atoms with Crippen molar-refractivity contribution < 1.29 is 19.2 Å². The molecule has 3 aromatic rings. The van der Waals surface area contributed by atoms with Gasteiger partial charge in [0.2, 0.25) is 17.8 Å². The highest BCUT2D eigenvalue weighted by Gasteiger charge is 2.35. The van der Waals surface area contributed by atoms with Gasteiger partial charge in [0.05, 0.1) is 46.0 Å². The molecule has 180 valence electrons. The molecule has 1 aliphatic rings. The smallest absolute Gasteiger partial charge is 0.273 e. The first kappa shape index (κ1) is 24.0. The topological polar surface area (TPSA) is 168 Å². The van der Waals surface area contributed by atoms with Crippen LogP contribution in [0.2, 0.25) is 10.0 Å². The van der Waals surface area contributed by atoms with Crippen LogP contribution >= 0.6 is 23.2 Å². The number of nitrogens with zero attached hydrogens (tertiary/aromatic N) is 2. The lowest BCUT2D eigenvalue weighted by atomic mass is 9.92. The first-order chi connectivity index (χ1) is 16.7. The third-order valence-electron chi connectivity index (χ3n) is 5.11. The average Bonchev–Trinajstić information content (AvgIpc) is 2.80. The molecular weight excluding hydrogens is 503 g/mol. The SMILES string of the molecule is COc1cc([N+](=O)[O-])ccc1NC(=O)C1CC(=O)Nc2nc(Nc3ccc(Cl)cc3Cl)[nH]c(=O)c21. The first-order valence-corrected chi connectivity index (χ1v) is 10.7. The number of ether oxygens (including phenoxy) is 1. The van der Waals surface area contributed by atoms with Crippen molar-refractivity contribution in [3.05, 3.63) is 72.5 Å². The van der Waals surface area contributed by atoms with E-state index in [2.05, 4.69) is 25.9 Å². The third kappa shape index (κ3) is 5.03. The predicted octanol–water partition coefficient (Wildman–Crippen LogP) is 3.80. The van der Waals surface area contributed by atoms with Crippen LogP contribution in [0.3, 0.4) is 0 Å². The largest absolute Gasteiger partial charge is 0.494 e. The number of methoxy groups -OCH3 is 1. The number of aromatic nitrogens is 2. The molecule has 0 spiro atoms. The molecule has 4 N–H and O–H groups in total. The highest BCUT2D eigenvalue weighted by Crippen LogP contribution is 2.34. The molecule has 2 amide bonds. The zero-order valence-electron chi connectivity index (χ0n) is 17.8. The summed E-state index contributed by atoms with van der Waals surface area (Å²) in [7, 11) is 1.29. The summed E-state index contributed by atoms with van der Waals surface area (Å²) < 4.78 is 5.12. The predicted molar refractivity (Wildman–Crippen MR) is 129 cm³/mol. The van der Waals surface area contributed by atoms with Crippen LogP contribution < -0.4 is 26.2 Å². The minimum atomic E-state index is -1.18. The van der Waals surface area contributed by atoms with Gasteiger partial charge in [-0.3, -0.25) is 29.5 Å². The van der Waals surface area contributed by atoms with Crippen molar-refractivity contribution in [1.29, 1.82) is 0 Å². The molecule has 1 unspecified atom stereocenters. The van der Waals surface area contributed by atoms with E-state index in [1.54, 1.807) is 12.1 Å². The molecular formula is C21H16Cl2N6O6. The van der Waals surface area contributed by atoms with Gasteiger partial charge < -0.3 is 20.7 Å². The highest BCUT2D eigenvalue weighted by atomic mass is 35.5. The summed E-state index contributed by atoms with van der Waals surface area (Å²) in [4.78, 5) is 55.4. The fraction of sp³-hybridized carbons (Fsp3) is 0.143. The zero-order valence-corrected chi connectivity index (χ0v) is 19.4. The molecule has 0 radical (unpaired) electrons. The number of carbonyl (C=O) groups excluding carboxylic acids is 2. The minimum absolute atomic E-state index is 0.0173. The van der Waals surface area contributed by atoms with E-state index in [1.807, 2.05) is 0 Å². The number of fused-ring (bicyclic) bond motifs is 1. The van der Waals surface area contributed by atoms with Crippen molar-refractivity contribution in [1.82, 2.24) is 9.97 Å². The molecule has 0 bridgehead atoms. The summed E-state index contributed by atoms with van der Waals surface area (Å²) in [6.45, 7) is 0. The van der Waals surface area contributed by atoms with Crippen molar-refractivity contribution in [2.45, 2.75) is 12.3 Å². The maximum absolute atomic E-state index is 13.1. The molecule has 12 nitrogen and oxygen atoms in total. The van der Waals surface area contributed by atoms with E-state index in [9.17, 15) is 24.5 Å². The van der Waals surface area contributed by atoms with Gasteiger partial charge in [-0.2, -0.15) is 4.98 Å². The number of benzene rings is 2. The molecule has 1 atom stereocenters. The van der Waals surface area contributed by atoms with E-state index in [4.69, 9.17) is 27.9 Å². The lowest BCUT2D eigenvalue weighted by Crippen LogP contribution is -2.36. The number of aromatic amines is 1. The standard InChI is InChI=1S/C21H16Cl2N6O6/c1-35-15-7-10(29(33)34)3-5-14(15)24-19(31)11-8-16(30)26-18-17(11)20(32)28-21(27-18)25-13-4-2-9(22)6-12(13)23/h2-7,11H,8H2,1H3,(H,24,31)(H3,25,26,27,28,30,32). The van der Waals surface area contributed by atoms with Crippen LogP contribution in [-0.4, -0.2) is 33.8 Å². The van der Waals surface area contributed by atoms with Crippen LogP contribution in [-0.2, 0) is 9.59 Å². The van der Waals surface area contributed by atoms with E-state index in [0.717, 1.165) is 6.07 Å². The van der Waals surface area contributed by atoms with Crippen LogP contribution in [0.1, 0.15) is 17.9 Å². The van der Waals surface area contributed by atoms with E-state index < -0.39 is 28.2 Å². The third-order valence-corrected chi connectivity index (χ3v) is 5.65. The lowest BCUT2D eigenvalue weighted by molar-refractivity contribution is -0.384. The second-order valence-corrected chi connectivity index (χ2v) is 8.21. The minimum Gasteiger partial charge on any atom is -0.494 e. The number of carbonyl (C=O) groups is 2. The van der Waals surface area contributed by atoms with Gasteiger partial charge >= 0.3 is 0 Å². The van der Waals surface area contributed by atoms with Crippen LogP contribution in [0, 0.1) is 10.1 Å².